The van der Waals surface area contributed by atoms with E-state index in [1.165, 1.54) is 0 Å². The molecule has 0 amide bonds. The number of ether oxygens (including phenoxy) is 1. The quantitative estimate of drug-likeness (QED) is 0.700. The highest BCUT2D eigenvalue weighted by Crippen LogP contribution is 2.14. The lowest BCUT2D eigenvalue weighted by atomic mass is 10.4. The molecule has 5 nitrogen and oxygen atoms in total. The Balaban J connectivity index is 2.71. The average Bonchev–Trinajstić information content (AvgIpc) is 2.23. The number of nitrogens with two attached hydrogens (primary N) is 1. The highest BCUT2D eigenvalue weighted by molar-refractivity contribution is 5.42. The maximum absolute atomic E-state index is 5.51. The lowest BCUT2D eigenvalue weighted by Crippen LogP contribution is -2.06. The summed E-state index contributed by atoms with van der Waals surface area (Å²) in [5.41, 5.74) is 5.51. The second kappa shape index (κ2) is 5.70. The van der Waals surface area contributed by atoms with Gasteiger partial charge in [0.1, 0.15) is 5.82 Å². The minimum absolute atomic E-state index is 0.170. The lowest BCUT2D eigenvalue weighted by Gasteiger charge is -2.06. The first-order chi connectivity index (χ1) is 7.26. The summed E-state index contributed by atoms with van der Waals surface area (Å²) in [4.78, 5) is 7.89. The van der Waals surface area contributed by atoms with Crippen LogP contribution in [0.1, 0.15) is 13.3 Å². The third-order valence-corrected chi connectivity index (χ3v) is 1.58. The number of hydrogen-bond acceptors (Lipinski definition) is 5. The third kappa shape index (κ3) is 3.73. The van der Waals surface area contributed by atoms with Crippen LogP contribution in [0.25, 0.3) is 0 Å². The van der Waals surface area contributed by atoms with E-state index in [9.17, 15) is 0 Å². The van der Waals surface area contributed by atoms with Gasteiger partial charge >= 0.3 is 0 Å². The number of anilines is 2. The van der Waals surface area contributed by atoms with Gasteiger partial charge in [-0.05, 0) is 6.42 Å². The van der Waals surface area contributed by atoms with Crippen molar-refractivity contribution in [3.63, 3.8) is 0 Å². The third-order valence-electron chi connectivity index (χ3n) is 1.58. The number of aromatic nitrogens is 2. The summed E-state index contributed by atoms with van der Waals surface area (Å²) < 4.78 is 5.15. The molecular formula is C10H14N4O. The van der Waals surface area contributed by atoms with Crippen molar-refractivity contribution in [1.29, 1.82) is 0 Å². The van der Waals surface area contributed by atoms with Gasteiger partial charge < -0.3 is 15.8 Å². The van der Waals surface area contributed by atoms with Gasteiger partial charge in [-0.25, -0.2) is 0 Å². The fourth-order valence-corrected chi connectivity index (χ4v) is 0.976. The number of nitrogen functional groups attached to an aromatic ring is 1. The maximum Gasteiger partial charge on any atom is 0.225 e. The molecule has 15 heavy (non-hydrogen) atoms. The fraction of sp³-hybridized carbons (Fsp3) is 0.400. The van der Waals surface area contributed by atoms with Gasteiger partial charge in [0.2, 0.25) is 11.8 Å². The van der Waals surface area contributed by atoms with Crippen LogP contribution >= 0.6 is 0 Å². The second-order valence-corrected chi connectivity index (χ2v) is 2.87. The van der Waals surface area contributed by atoms with Crippen LogP contribution in [0.5, 0.6) is 5.88 Å². The van der Waals surface area contributed by atoms with Crippen molar-refractivity contribution in [2.24, 2.45) is 0 Å². The van der Waals surface area contributed by atoms with E-state index in [4.69, 9.17) is 16.9 Å². The number of hydrogen-bond donors (Lipinski definition) is 2. The Labute approximate surface area is 89.1 Å². The van der Waals surface area contributed by atoms with Gasteiger partial charge in [0.05, 0.1) is 0 Å². The van der Waals surface area contributed by atoms with E-state index >= 15 is 0 Å². The summed E-state index contributed by atoms with van der Waals surface area (Å²) >= 11 is 0. The van der Waals surface area contributed by atoms with Crippen molar-refractivity contribution in [3.8, 4) is 18.2 Å². The van der Waals surface area contributed by atoms with E-state index in [-0.39, 0.29) is 12.6 Å². The Hall–Kier alpha value is -1.96. The largest absolute Gasteiger partial charge is 0.464 e. The molecule has 0 fully saturated rings. The van der Waals surface area contributed by atoms with Gasteiger partial charge in [0.15, 0.2) is 6.61 Å². The van der Waals surface area contributed by atoms with Crippen molar-refractivity contribution >= 4 is 11.8 Å². The summed E-state index contributed by atoms with van der Waals surface area (Å²) in [5, 5.41) is 3.09. The molecule has 0 saturated heterocycles. The van der Waals surface area contributed by atoms with E-state index in [1.54, 1.807) is 6.07 Å². The molecule has 3 N–H and O–H groups in total. The molecule has 1 aromatic heterocycles. The summed E-state index contributed by atoms with van der Waals surface area (Å²) in [6.07, 6.45) is 6.07. The van der Waals surface area contributed by atoms with Crippen LogP contribution in [0.15, 0.2) is 6.07 Å². The Bertz CT molecular complexity index is 359. The normalized spacial score (nSPS) is 9.33. The number of terminal acetylenes is 1. The molecular weight excluding hydrogens is 192 g/mol. The number of rotatable bonds is 5. The topological polar surface area (TPSA) is 73.1 Å². The first-order valence-electron chi connectivity index (χ1n) is 4.71. The molecule has 5 heteroatoms. The molecule has 1 aromatic rings. The molecule has 0 radical (unpaired) electrons. The van der Waals surface area contributed by atoms with Crippen LogP contribution in [0.3, 0.4) is 0 Å². The first-order valence-corrected chi connectivity index (χ1v) is 4.71. The Morgan fingerprint density at radius 1 is 1.60 bits per heavy atom. The monoisotopic (exact) mass is 206 g/mol. The van der Waals surface area contributed by atoms with Gasteiger partial charge in [0.25, 0.3) is 0 Å². The molecule has 80 valence electrons. The molecule has 0 aromatic carbocycles. The SMILES string of the molecule is C#CCOc1cc(NCCC)nc(N)n1. The zero-order valence-corrected chi connectivity index (χ0v) is 8.66. The van der Waals surface area contributed by atoms with Gasteiger partial charge in [-0.3, -0.25) is 0 Å². The van der Waals surface area contributed by atoms with Crippen LogP contribution in [0.2, 0.25) is 0 Å². The molecule has 0 spiro atoms. The van der Waals surface area contributed by atoms with Gasteiger partial charge in [-0.15, -0.1) is 6.42 Å². The van der Waals surface area contributed by atoms with Gasteiger partial charge in [0, 0.05) is 12.6 Å². The van der Waals surface area contributed by atoms with Crippen LogP contribution in [-0.4, -0.2) is 23.1 Å². The smallest absolute Gasteiger partial charge is 0.225 e. The lowest BCUT2D eigenvalue weighted by molar-refractivity contribution is 0.355. The van der Waals surface area contributed by atoms with Crippen molar-refractivity contribution in [2.75, 3.05) is 24.2 Å². The molecule has 0 aliphatic rings. The molecule has 1 heterocycles. The average molecular weight is 206 g/mol. The minimum atomic E-state index is 0.170. The predicted octanol–water partition coefficient (Wildman–Crippen LogP) is 0.893. The van der Waals surface area contributed by atoms with Crippen molar-refractivity contribution < 1.29 is 4.74 Å². The summed E-state index contributed by atoms with van der Waals surface area (Å²) in [6, 6.07) is 1.67. The predicted molar refractivity (Wildman–Crippen MR) is 59.6 cm³/mol. The molecule has 0 aliphatic heterocycles. The Morgan fingerprint density at radius 3 is 3.07 bits per heavy atom. The van der Waals surface area contributed by atoms with Gasteiger partial charge in [-0.1, -0.05) is 12.8 Å². The van der Waals surface area contributed by atoms with E-state index < -0.39 is 0 Å². The molecule has 0 atom stereocenters. The zero-order valence-electron chi connectivity index (χ0n) is 8.66. The van der Waals surface area contributed by atoms with E-state index in [0.717, 1.165) is 13.0 Å². The van der Waals surface area contributed by atoms with Crippen molar-refractivity contribution in [1.82, 2.24) is 9.97 Å². The van der Waals surface area contributed by atoms with Crippen molar-refractivity contribution in [2.45, 2.75) is 13.3 Å². The standard InChI is InChI=1S/C10H14N4O/c1-3-5-12-8-7-9(15-6-4-2)14-10(11)13-8/h2,7H,3,5-6H2,1H3,(H3,11,12,13,14). The van der Waals surface area contributed by atoms with Crippen LogP contribution in [-0.2, 0) is 0 Å². The van der Waals surface area contributed by atoms with E-state index in [1.807, 2.05) is 0 Å². The van der Waals surface area contributed by atoms with E-state index in [0.29, 0.717) is 11.7 Å². The molecule has 0 saturated carbocycles. The minimum Gasteiger partial charge on any atom is -0.464 e. The van der Waals surface area contributed by atoms with Gasteiger partial charge in [-0.2, -0.15) is 9.97 Å². The Morgan fingerprint density at radius 2 is 2.40 bits per heavy atom. The summed E-state index contributed by atoms with van der Waals surface area (Å²) in [7, 11) is 0. The first kappa shape index (κ1) is 11.1. The summed E-state index contributed by atoms with van der Waals surface area (Å²) in [5.74, 6) is 3.56. The number of nitrogens with one attached hydrogen (secondary N) is 1. The van der Waals surface area contributed by atoms with Crippen LogP contribution in [0.4, 0.5) is 11.8 Å². The van der Waals surface area contributed by atoms with Crippen LogP contribution in [0, 0.1) is 12.3 Å². The molecule has 1 rings (SSSR count). The highest BCUT2D eigenvalue weighted by atomic mass is 16.5. The fourth-order valence-electron chi connectivity index (χ4n) is 0.976. The Kier molecular flexibility index (Phi) is 4.23. The molecule has 0 aliphatic carbocycles. The molecule has 0 bridgehead atoms. The van der Waals surface area contributed by atoms with Crippen molar-refractivity contribution in [3.05, 3.63) is 6.07 Å². The second-order valence-electron chi connectivity index (χ2n) is 2.87. The number of nitrogens with zero attached hydrogens (tertiary/aromatic N) is 2. The van der Waals surface area contributed by atoms with E-state index in [2.05, 4.69) is 28.1 Å². The van der Waals surface area contributed by atoms with Crippen LogP contribution < -0.4 is 15.8 Å². The maximum atomic E-state index is 5.51. The zero-order chi connectivity index (χ0) is 11.1. The highest BCUT2D eigenvalue weighted by Gasteiger charge is 2.01. The molecule has 0 unspecified atom stereocenters. The summed E-state index contributed by atoms with van der Waals surface area (Å²) in [6.45, 7) is 3.06.